The Morgan fingerprint density at radius 3 is 2.50 bits per heavy atom. The summed E-state index contributed by atoms with van der Waals surface area (Å²) in [5.74, 6) is 0.983. The molecule has 0 aliphatic rings. The fraction of sp³-hybridized carbons (Fsp3) is 0.261. The van der Waals surface area contributed by atoms with Crippen LogP contribution >= 0.6 is 0 Å². The SMILES string of the molecule is CN(CCCOc1cccc(S(C)(=O)=O)c1)C(=O)c1ccc(COc2ccc(F)cc2)o1. The number of rotatable bonds is 10. The van der Waals surface area contributed by atoms with Crippen LogP contribution in [0, 0.1) is 5.82 Å². The topological polar surface area (TPSA) is 86.0 Å². The fourth-order valence-electron chi connectivity index (χ4n) is 2.83. The second kappa shape index (κ2) is 10.3. The zero-order valence-corrected chi connectivity index (χ0v) is 18.6. The largest absolute Gasteiger partial charge is 0.493 e. The van der Waals surface area contributed by atoms with Crippen molar-refractivity contribution < 1.29 is 31.5 Å². The van der Waals surface area contributed by atoms with Crippen molar-refractivity contribution in [3.05, 3.63) is 78.0 Å². The molecule has 0 saturated heterocycles. The van der Waals surface area contributed by atoms with Gasteiger partial charge in [0.05, 0.1) is 11.5 Å². The monoisotopic (exact) mass is 461 g/mol. The van der Waals surface area contributed by atoms with E-state index in [2.05, 4.69) is 0 Å². The molecule has 0 bridgehead atoms. The minimum atomic E-state index is -3.30. The first-order valence-corrected chi connectivity index (χ1v) is 11.8. The van der Waals surface area contributed by atoms with Gasteiger partial charge in [0.1, 0.15) is 29.7 Å². The van der Waals surface area contributed by atoms with Crippen LogP contribution in [0.3, 0.4) is 0 Å². The summed E-state index contributed by atoms with van der Waals surface area (Å²) in [5.41, 5.74) is 0. The molecule has 1 amide bonds. The van der Waals surface area contributed by atoms with Crippen molar-refractivity contribution in [1.29, 1.82) is 0 Å². The summed E-state index contributed by atoms with van der Waals surface area (Å²) < 4.78 is 52.8. The van der Waals surface area contributed by atoms with E-state index in [1.807, 2.05) is 0 Å². The summed E-state index contributed by atoms with van der Waals surface area (Å²) in [7, 11) is -1.64. The van der Waals surface area contributed by atoms with Crippen molar-refractivity contribution in [2.75, 3.05) is 26.5 Å². The number of carbonyl (C=O) groups excluding carboxylic acids is 1. The summed E-state index contributed by atoms with van der Waals surface area (Å²) in [6, 6.07) is 15.1. The minimum Gasteiger partial charge on any atom is -0.493 e. The van der Waals surface area contributed by atoms with E-state index in [1.165, 1.54) is 41.3 Å². The molecule has 0 radical (unpaired) electrons. The molecule has 0 saturated carbocycles. The highest BCUT2D eigenvalue weighted by atomic mass is 32.2. The first-order chi connectivity index (χ1) is 15.2. The fourth-order valence-corrected chi connectivity index (χ4v) is 3.49. The van der Waals surface area contributed by atoms with Crippen molar-refractivity contribution in [1.82, 2.24) is 4.90 Å². The van der Waals surface area contributed by atoms with E-state index in [0.29, 0.717) is 36.8 Å². The molecule has 9 heteroatoms. The Morgan fingerprint density at radius 2 is 1.78 bits per heavy atom. The summed E-state index contributed by atoms with van der Waals surface area (Å²) in [6.45, 7) is 0.857. The molecular weight excluding hydrogens is 437 g/mol. The molecule has 0 unspecified atom stereocenters. The quantitative estimate of drug-likeness (QED) is 0.425. The Balaban J connectivity index is 1.44. The Morgan fingerprint density at radius 1 is 1.03 bits per heavy atom. The third-order valence-electron chi connectivity index (χ3n) is 4.55. The van der Waals surface area contributed by atoms with Gasteiger partial charge in [-0.05, 0) is 61.0 Å². The van der Waals surface area contributed by atoms with E-state index in [0.717, 1.165) is 6.26 Å². The van der Waals surface area contributed by atoms with Gasteiger partial charge in [-0.25, -0.2) is 12.8 Å². The van der Waals surface area contributed by atoms with Crippen molar-refractivity contribution in [2.24, 2.45) is 0 Å². The standard InChI is InChI=1S/C23H24FNO6S/c1-25(13-4-14-29-19-5-3-6-21(15-19)32(2,27)28)23(26)22-12-11-20(31-22)16-30-18-9-7-17(24)8-10-18/h3,5-12,15H,4,13-14,16H2,1-2H3. The molecule has 2 aromatic carbocycles. The highest BCUT2D eigenvalue weighted by Gasteiger charge is 2.16. The number of sulfone groups is 1. The second-order valence-electron chi connectivity index (χ2n) is 7.18. The molecule has 170 valence electrons. The Hall–Kier alpha value is -3.33. The van der Waals surface area contributed by atoms with Crippen LogP contribution in [0.25, 0.3) is 0 Å². The zero-order chi connectivity index (χ0) is 23.1. The van der Waals surface area contributed by atoms with Gasteiger partial charge in [-0.3, -0.25) is 4.79 Å². The average Bonchev–Trinajstić information content (AvgIpc) is 3.24. The number of hydrogen-bond acceptors (Lipinski definition) is 6. The molecule has 1 aromatic heterocycles. The Bertz CT molecular complexity index is 1160. The number of furan rings is 1. The second-order valence-corrected chi connectivity index (χ2v) is 9.20. The molecule has 3 aromatic rings. The van der Waals surface area contributed by atoms with E-state index in [9.17, 15) is 17.6 Å². The maximum Gasteiger partial charge on any atom is 0.289 e. The van der Waals surface area contributed by atoms with Crippen LogP contribution in [-0.2, 0) is 16.4 Å². The smallest absolute Gasteiger partial charge is 0.289 e. The average molecular weight is 462 g/mol. The van der Waals surface area contributed by atoms with Gasteiger partial charge in [-0.1, -0.05) is 6.07 Å². The maximum absolute atomic E-state index is 12.9. The summed E-state index contributed by atoms with van der Waals surface area (Å²) in [4.78, 5) is 14.2. The number of carbonyl (C=O) groups is 1. The molecule has 0 atom stereocenters. The molecule has 0 spiro atoms. The molecule has 0 aliphatic heterocycles. The molecule has 0 fully saturated rings. The number of nitrogens with zero attached hydrogens (tertiary/aromatic N) is 1. The third-order valence-corrected chi connectivity index (χ3v) is 5.66. The van der Waals surface area contributed by atoms with Gasteiger partial charge in [-0.15, -0.1) is 0 Å². The predicted molar refractivity (Wildman–Crippen MR) is 116 cm³/mol. The lowest BCUT2D eigenvalue weighted by atomic mass is 10.3. The lowest BCUT2D eigenvalue weighted by molar-refractivity contribution is 0.0752. The van der Waals surface area contributed by atoms with Crippen molar-refractivity contribution >= 4 is 15.7 Å². The van der Waals surface area contributed by atoms with Crippen LogP contribution in [0.15, 0.2) is 70.0 Å². The van der Waals surface area contributed by atoms with Gasteiger partial charge >= 0.3 is 0 Å². The summed E-state index contributed by atoms with van der Waals surface area (Å²) in [6.07, 6.45) is 1.69. The third kappa shape index (κ3) is 6.58. The molecule has 0 N–H and O–H groups in total. The van der Waals surface area contributed by atoms with Crippen LogP contribution in [0.4, 0.5) is 4.39 Å². The van der Waals surface area contributed by atoms with E-state index < -0.39 is 9.84 Å². The first kappa shape index (κ1) is 23.3. The van der Waals surface area contributed by atoms with E-state index in [4.69, 9.17) is 13.9 Å². The molecule has 3 rings (SSSR count). The number of hydrogen-bond donors (Lipinski definition) is 0. The normalized spacial score (nSPS) is 11.2. The zero-order valence-electron chi connectivity index (χ0n) is 17.8. The lowest BCUT2D eigenvalue weighted by Gasteiger charge is -2.16. The number of ether oxygens (including phenoxy) is 2. The van der Waals surface area contributed by atoms with Gasteiger partial charge in [0.2, 0.25) is 0 Å². The van der Waals surface area contributed by atoms with Gasteiger partial charge in [0.15, 0.2) is 15.6 Å². The molecule has 1 heterocycles. The van der Waals surface area contributed by atoms with Crippen LogP contribution < -0.4 is 9.47 Å². The van der Waals surface area contributed by atoms with E-state index >= 15 is 0 Å². The number of amides is 1. The van der Waals surface area contributed by atoms with Crippen LogP contribution in [-0.4, -0.2) is 45.7 Å². The van der Waals surface area contributed by atoms with Crippen LogP contribution in [0.1, 0.15) is 22.7 Å². The van der Waals surface area contributed by atoms with Crippen molar-refractivity contribution in [3.8, 4) is 11.5 Å². The number of benzene rings is 2. The molecular formula is C23H24FNO6S. The van der Waals surface area contributed by atoms with Gasteiger partial charge in [0.25, 0.3) is 5.91 Å². The van der Waals surface area contributed by atoms with Crippen molar-refractivity contribution in [3.63, 3.8) is 0 Å². The maximum atomic E-state index is 12.9. The number of halogens is 1. The van der Waals surface area contributed by atoms with E-state index in [-0.39, 0.29) is 29.0 Å². The molecule has 0 aliphatic carbocycles. The van der Waals surface area contributed by atoms with Crippen LogP contribution in [0.2, 0.25) is 0 Å². The Kier molecular flexibility index (Phi) is 7.53. The summed E-state index contributed by atoms with van der Waals surface area (Å²) >= 11 is 0. The molecule has 7 nitrogen and oxygen atoms in total. The van der Waals surface area contributed by atoms with Gasteiger partial charge in [0, 0.05) is 19.8 Å². The highest BCUT2D eigenvalue weighted by Crippen LogP contribution is 2.18. The van der Waals surface area contributed by atoms with Gasteiger partial charge < -0.3 is 18.8 Å². The highest BCUT2D eigenvalue weighted by molar-refractivity contribution is 7.90. The molecule has 32 heavy (non-hydrogen) atoms. The van der Waals surface area contributed by atoms with Gasteiger partial charge in [-0.2, -0.15) is 0 Å². The lowest BCUT2D eigenvalue weighted by Crippen LogP contribution is -2.28. The van der Waals surface area contributed by atoms with Crippen LogP contribution in [0.5, 0.6) is 11.5 Å². The summed E-state index contributed by atoms with van der Waals surface area (Å²) in [5, 5.41) is 0. The van der Waals surface area contributed by atoms with E-state index in [1.54, 1.807) is 31.3 Å². The van der Waals surface area contributed by atoms with Crippen molar-refractivity contribution in [2.45, 2.75) is 17.9 Å². The predicted octanol–water partition coefficient (Wildman–Crippen LogP) is 3.94. The Labute approximate surface area is 186 Å². The first-order valence-electron chi connectivity index (χ1n) is 9.88. The minimum absolute atomic E-state index is 0.114.